The molecule has 2 heteroatoms. The Morgan fingerprint density at radius 2 is 1.50 bits per heavy atom. The largest absolute Gasteiger partial charge is 0.350 e. The van der Waals surface area contributed by atoms with Gasteiger partial charge >= 0.3 is 0 Å². The van der Waals surface area contributed by atoms with Crippen LogP contribution in [0.4, 0.5) is 0 Å². The molecule has 1 unspecified atom stereocenters. The zero-order chi connectivity index (χ0) is 6.86. The van der Waals surface area contributed by atoms with Crippen molar-refractivity contribution in [1.82, 2.24) is 0 Å². The SMILES string of the molecule is C1CCC2(CCCO2)OC1. The van der Waals surface area contributed by atoms with Gasteiger partial charge in [0.15, 0.2) is 5.79 Å². The summed E-state index contributed by atoms with van der Waals surface area (Å²) in [4.78, 5) is 0. The first-order valence-electron chi connectivity index (χ1n) is 4.19. The van der Waals surface area contributed by atoms with Gasteiger partial charge in [-0.2, -0.15) is 0 Å². The molecule has 0 aromatic rings. The van der Waals surface area contributed by atoms with Gasteiger partial charge in [0.1, 0.15) is 0 Å². The van der Waals surface area contributed by atoms with Crippen LogP contribution in [0.5, 0.6) is 0 Å². The third kappa shape index (κ3) is 1.06. The number of rotatable bonds is 0. The molecule has 2 aliphatic rings. The van der Waals surface area contributed by atoms with Gasteiger partial charge < -0.3 is 9.47 Å². The van der Waals surface area contributed by atoms with Crippen molar-refractivity contribution in [2.24, 2.45) is 0 Å². The molecule has 1 spiro atoms. The van der Waals surface area contributed by atoms with Crippen LogP contribution in [0.1, 0.15) is 32.1 Å². The minimum absolute atomic E-state index is 0.127. The van der Waals surface area contributed by atoms with E-state index in [2.05, 4.69) is 0 Å². The highest BCUT2D eigenvalue weighted by atomic mass is 16.7. The molecule has 0 aliphatic carbocycles. The van der Waals surface area contributed by atoms with Crippen molar-refractivity contribution < 1.29 is 9.47 Å². The van der Waals surface area contributed by atoms with Crippen LogP contribution in [0.3, 0.4) is 0 Å². The first-order valence-corrected chi connectivity index (χ1v) is 4.19. The maximum Gasteiger partial charge on any atom is 0.168 e. The van der Waals surface area contributed by atoms with Gasteiger partial charge in [-0.05, 0) is 19.3 Å². The standard InChI is InChI=1S/C8H14O2/c1-2-6-9-8(4-1)5-3-7-10-8/h1-7H2. The summed E-state index contributed by atoms with van der Waals surface area (Å²) in [6.45, 7) is 1.81. The smallest absolute Gasteiger partial charge is 0.168 e. The molecular weight excluding hydrogens is 128 g/mol. The van der Waals surface area contributed by atoms with Gasteiger partial charge in [-0.15, -0.1) is 0 Å². The summed E-state index contributed by atoms with van der Waals surface area (Å²) < 4.78 is 11.2. The molecule has 1 atom stereocenters. The second kappa shape index (κ2) is 2.51. The van der Waals surface area contributed by atoms with E-state index in [0.29, 0.717) is 0 Å². The van der Waals surface area contributed by atoms with Crippen LogP contribution in [0, 0.1) is 0 Å². The first-order chi connectivity index (χ1) is 4.91. The highest BCUT2D eigenvalue weighted by Gasteiger charge is 2.37. The zero-order valence-corrected chi connectivity index (χ0v) is 6.27. The molecule has 0 saturated carbocycles. The molecule has 2 fully saturated rings. The van der Waals surface area contributed by atoms with Crippen LogP contribution in [0.25, 0.3) is 0 Å². The molecule has 2 saturated heterocycles. The molecule has 58 valence electrons. The highest BCUT2D eigenvalue weighted by molar-refractivity contribution is 4.77. The number of hydrogen-bond donors (Lipinski definition) is 0. The molecule has 0 aromatic carbocycles. The monoisotopic (exact) mass is 142 g/mol. The van der Waals surface area contributed by atoms with Gasteiger partial charge in [-0.3, -0.25) is 0 Å². The summed E-state index contributed by atoms with van der Waals surface area (Å²) in [5, 5.41) is 0. The second-order valence-electron chi connectivity index (χ2n) is 3.17. The Morgan fingerprint density at radius 1 is 0.800 bits per heavy atom. The van der Waals surface area contributed by atoms with E-state index in [1.54, 1.807) is 0 Å². The van der Waals surface area contributed by atoms with Crippen molar-refractivity contribution in [3.05, 3.63) is 0 Å². The minimum Gasteiger partial charge on any atom is -0.350 e. The van der Waals surface area contributed by atoms with E-state index in [1.165, 1.54) is 19.3 Å². The van der Waals surface area contributed by atoms with Crippen molar-refractivity contribution in [3.63, 3.8) is 0 Å². The summed E-state index contributed by atoms with van der Waals surface area (Å²) in [7, 11) is 0. The van der Waals surface area contributed by atoms with Gasteiger partial charge in [0.2, 0.25) is 0 Å². The Bertz CT molecular complexity index is 108. The maximum absolute atomic E-state index is 5.60. The van der Waals surface area contributed by atoms with E-state index in [0.717, 1.165) is 26.1 Å². The normalized spacial score (nSPS) is 40.8. The van der Waals surface area contributed by atoms with Crippen LogP contribution in [0.2, 0.25) is 0 Å². The van der Waals surface area contributed by atoms with Gasteiger partial charge in [-0.1, -0.05) is 0 Å². The maximum atomic E-state index is 5.60. The van der Waals surface area contributed by atoms with E-state index >= 15 is 0 Å². The molecule has 0 radical (unpaired) electrons. The molecule has 2 heterocycles. The molecule has 0 bridgehead atoms. The lowest BCUT2D eigenvalue weighted by atomic mass is 10.0. The number of ether oxygens (including phenoxy) is 2. The van der Waals surface area contributed by atoms with Crippen LogP contribution in [-0.2, 0) is 9.47 Å². The summed E-state index contributed by atoms with van der Waals surface area (Å²) >= 11 is 0. The van der Waals surface area contributed by atoms with E-state index in [9.17, 15) is 0 Å². The van der Waals surface area contributed by atoms with Crippen molar-refractivity contribution in [3.8, 4) is 0 Å². The van der Waals surface area contributed by atoms with Gasteiger partial charge in [0.05, 0.1) is 13.2 Å². The quantitative estimate of drug-likeness (QED) is 0.512. The Kier molecular flexibility index (Phi) is 1.66. The average molecular weight is 142 g/mol. The molecule has 2 nitrogen and oxygen atoms in total. The lowest BCUT2D eigenvalue weighted by molar-refractivity contribution is -0.229. The van der Waals surface area contributed by atoms with Crippen LogP contribution in [-0.4, -0.2) is 19.0 Å². The molecule has 0 N–H and O–H groups in total. The molecule has 0 amide bonds. The average Bonchev–Trinajstić information content (AvgIpc) is 2.39. The fourth-order valence-corrected chi connectivity index (χ4v) is 1.81. The summed E-state index contributed by atoms with van der Waals surface area (Å²) in [5.74, 6) is -0.127. The summed E-state index contributed by atoms with van der Waals surface area (Å²) in [6, 6.07) is 0. The highest BCUT2D eigenvalue weighted by Crippen LogP contribution is 2.34. The van der Waals surface area contributed by atoms with Crippen molar-refractivity contribution in [2.45, 2.75) is 37.9 Å². The molecular formula is C8H14O2. The lowest BCUT2D eigenvalue weighted by Crippen LogP contribution is -2.34. The van der Waals surface area contributed by atoms with E-state index in [-0.39, 0.29) is 5.79 Å². The topological polar surface area (TPSA) is 18.5 Å². The van der Waals surface area contributed by atoms with Gasteiger partial charge in [0.25, 0.3) is 0 Å². The van der Waals surface area contributed by atoms with Crippen LogP contribution < -0.4 is 0 Å². The Balaban J connectivity index is 1.98. The molecule has 2 rings (SSSR count). The van der Waals surface area contributed by atoms with Crippen molar-refractivity contribution >= 4 is 0 Å². The fourth-order valence-electron chi connectivity index (χ4n) is 1.81. The van der Waals surface area contributed by atoms with Gasteiger partial charge in [0, 0.05) is 12.8 Å². The van der Waals surface area contributed by atoms with Crippen molar-refractivity contribution in [2.75, 3.05) is 13.2 Å². The Hall–Kier alpha value is -0.0800. The van der Waals surface area contributed by atoms with Crippen molar-refractivity contribution in [1.29, 1.82) is 0 Å². The second-order valence-corrected chi connectivity index (χ2v) is 3.17. The lowest BCUT2D eigenvalue weighted by Gasteiger charge is -2.32. The molecule has 2 aliphatic heterocycles. The van der Waals surface area contributed by atoms with Gasteiger partial charge in [-0.25, -0.2) is 0 Å². The minimum atomic E-state index is -0.127. The Labute approximate surface area is 61.5 Å². The first kappa shape index (κ1) is 6.62. The molecule has 10 heavy (non-hydrogen) atoms. The molecule has 0 aromatic heterocycles. The third-order valence-corrected chi connectivity index (χ3v) is 2.38. The van der Waals surface area contributed by atoms with E-state index in [1.807, 2.05) is 0 Å². The van der Waals surface area contributed by atoms with Crippen LogP contribution >= 0.6 is 0 Å². The van der Waals surface area contributed by atoms with E-state index in [4.69, 9.17) is 9.47 Å². The predicted molar refractivity (Wildman–Crippen MR) is 37.7 cm³/mol. The Morgan fingerprint density at radius 3 is 2.10 bits per heavy atom. The fraction of sp³-hybridized carbons (Fsp3) is 1.00. The predicted octanol–water partition coefficient (Wildman–Crippen LogP) is 1.69. The van der Waals surface area contributed by atoms with E-state index < -0.39 is 0 Å². The third-order valence-electron chi connectivity index (χ3n) is 2.38. The summed E-state index contributed by atoms with van der Waals surface area (Å²) in [6.07, 6.45) is 5.91. The van der Waals surface area contributed by atoms with Crippen LogP contribution in [0.15, 0.2) is 0 Å². The summed E-state index contributed by atoms with van der Waals surface area (Å²) in [5.41, 5.74) is 0. The number of hydrogen-bond acceptors (Lipinski definition) is 2. The zero-order valence-electron chi connectivity index (χ0n) is 6.27.